The molecule has 0 saturated carbocycles. The van der Waals surface area contributed by atoms with Crippen LogP contribution in [0.1, 0.15) is 10.4 Å². The molecule has 0 spiro atoms. The van der Waals surface area contributed by atoms with E-state index in [1.54, 1.807) is 30.3 Å². The fourth-order valence-electron chi connectivity index (χ4n) is 2.09. The van der Waals surface area contributed by atoms with Gasteiger partial charge >= 0.3 is 0 Å². The predicted octanol–water partition coefficient (Wildman–Crippen LogP) is 2.55. The second kappa shape index (κ2) is 7.27. The van der Waals surface area contributed by atoms with Crippen molar-refractivity contribution in [3.05, 3.63) is 56.6 Å². The van der Waals surface area contributed by atoms with Gasteiger partial charge in [0.25, 0.3) is 11.8 Å². The van der Waals surface area contributed by atoms with Gasteiger partial charge in [0.1, 0.15) is 6.61 Å². The highest BCUT2D eigenvalue weighted by Gasteiger charge is 2.27. The Labute approximate surface area is 156 Å². The number of halogens is 2. The van der Waals surface area contributed by atoms with Crippen molar-refractivity contribution in [1.29, 1.82) is 0 Å². The van der Waals surface area contributed by atoms with Gasteiger partial charge in [0, 0.05) is 8.59 Å². The first-order chi connectivity index (χ1) is 11.5. The maximum atomic E-state index is 12.1. The lowest BCUT2D eigenvalue weighted by Gasteiger charge is -2.25. The van der Waals surface area contributed by atoms with E-state index in [0.717, 1.165) is 3.57 Å². The van der Waals surface area contributed by atoms with Gasteiger partial charge in [-0.25, -0.2) is 0 Å². The first kappa shape index (κ1) is 16.8. The summed E-state index contributed by atoms with van der Waals surface area (Å²) in [6.07, 6.45) is -0.848. The van der Waals surface area contributed by atoms with Gasteiger partial charge in [0.15, 0.2) is 11.5 Å². The summed E-state index contributed by atoms with van der Waals surface area (Å²) in [5.74, 6) is 0.0981. The molecular formula is C16H12ClIN2O4. The Kier molecular flexibility index (Phi) is 5.10. The molecule has 0 aliphatic carbocycles. The number of rotatable bonds is 2. The molecule has 2 aromatic carbocycles. The summed E-state index contributed by atoms with van der Waals surface area (Å²) in [5, 5.41) is 0.438. The number of ether oxygens (including phenoxy) is 2. The first-order valence-electron chi connectivity index (χ1n) is 6.98. The Morgan fingerprint density at radius 2 is 1.88 bits per heavy atom. The highest BCUT2D eigenvalue weighted by molar-refractivity contribution is 14.1. The summed E-state index contributed by atoms with van der Waals surface area (Å²) >= 11 is 7.90. The van der Waals surface area contributed by atoms with Gasteiger partial charge in [-0.1, -0.05) is 23.7 Å². The summed E-state index contributed by atoms with van der Waals surface area (Å²) in [6.45, 7) is 0.0629. The maximum Gasteiger partial charge on any atom is 0.283 e. The van der Waals surface area contributed by atoms with Crippen LogP contribution in [0, 0.1) is 3.57 Å². The lowest BCUT2D eigenvalue weighted by Crippen LogP contribution is -2.50. The van der Waals surface area contributed by atoms with Crippen molar-refractivity contribution in [2.45, 2.75) is 6.10 Å². The Hall–Kier alpha value is -2.00. The molecule has 0 aromatic heterocycles. The normalized spacial score (nSPS) is 15.5. The number of hydrogen-bond acceptors (Lipinski definition) is 4. The number of hydrazine groups is 1. The third kappa shape index (κ3) is 3.73. The molecule has 2 N–H and O–H groups in total. The molecule has 6 nitrogen and oxygen atoms in total. The molecule has 1 unspecified atom stereocenters. The molecule has 3 rings (SSSR count). The second-order valence-corrected chi connectivity index (χ2v) is 6.53. The van der Waals surface area contributed by atoms with Crippen LogP contribution in [0.25, 0.3) is 0 Å². The molecule has 1 heterocycles. The van der Waals surface area contributed by atoms with Crippen LogP contribution in [0.4, 0.5) is 0 Å². The quantitative estimate of drug-likeness (QED) is 0.536. The van der Waals surface area contributed by atoms with Gasteiger partial charge in [0.2, 0.25) is 6.10 Å². The van der Waals surface area contributed by atoms with E-state index < -0.39 is 17.9 Å². The molecule has 0 bridgehead atoms. The number of fused-ring (bicyclic) bond motifs is 1. The number of para-hydroxylation sites is 2. The molecule has 8 heteroatoms. The van der Waals surface area contributed by atoms with Crippen LogP contribution in [0.15, 0.2) is 42.5 Å². The molecular weight excluding hydrogens is 447 g/mol. The number of carbonyl (C=O) groups is 2. The van der Waals surface area contributed by atoms with E-state index in [0.29, 0.717) is 22.1 Å². The summed E-state index contributed by atoms with van der Waals surface area (Å²) < 4.78 is 11.7. The number of amides is 2. The van der Waals surface area contributed by atoms with Crippen molar-refractivity contribution in [1.82, 2.24) is 10.9 Å². The van der Waals surface area contributed by atoms with Crippen molar-refractivity contribution in [3.8, 4) is 11.5 Å². The molecule has 124 valence electrons. The Morgan fingerprint density at radius 1 is 1.12 bits per heavy atom. The second-order valence-electron chi connectivity index (χ2n) is 4.93. The van der Waals surface area contributed by atoms with Crippen LogP contribution in [-0.2, 0) is 4.79 Å². The molecule has 0 saturated heterocycles. The van der Waals surface area contributed by atoms with Crippen LogP contribution in [0.3, 0.4) is 0 Å². The lowest BCUT2D eigenvalue weighted by atomic mass is 10.2. The number of carbonyl (C=O) groups excluding carboxylic acids is 2. The average Bonchev–Trinajstić information content (AvgIpc) is 2.61. The van der Waals surface area contributed by atoms with Crippen LogP contribution < -0.4 is 20.3 Å². The minimum absolute atomic E-state index is 0.0629. The summed E-state index contributed by atoms with van der Waals surface area (Å²) in [6, 6.07) is 12.0. The molecule has 1 atom stereocenters. The lowest BCUT2D eigenvalue weighted by molar-refractivity contribution is -0.131. The van der Waals surface area contributed by atoms with Crippen molar-refractivity contribution in [2.24, 2.45) is 0 Å². The van der Waals surface area contributed by atoms with E-state index >= 15 is 0 Å². The third-order valence-electron chi connectivity index (χ3n) is 3.27. The van der Waals surface area contributed by atoms with Crippen LogP contribution in [0.2, 0.25) is 5.02 Å². The van der Waals surface area contributed by atoms with E-state index in [4.69, 9.17) is 21.1 Å². The monoisotopic (exact) mass is 458 g/mol. The molecule has 1 aliphatic rings. The zero-order valence-corrected chi connectivity index (χ0v) is 15.1. The standard InChI is InChI=1S/C16H12ClIN2O4/c17-9-5-6-11(18)10(7-9)15(21)19-20-16(22)14-8-23-12-3-1-2-4-13(12)24-14/h1-7,14H,8H2,(H,19,21)(H,20,22). The minimum atomic E-state index is -0.848. The van der Waals surface area contributed by atoms with Gasteiger partial charge in [-0.2, -0.15) is 0 Å². The molecule has 0 fully saturated rings. The van der Waals surface area contributed by atoms with Gasteiger partial charge in [0.05, 0.1) is 5.56 Å². The van der Waals surface area contributed by atoms with E-state index in [9.17, 15) is 9.59 Å². The van der Waals surface area contributed by atoms with Crippen molar-refractivity contribution >= 4 is 46.0 Å². The fourth-order valence-corrected chi connectivity index (χ4v) is 2.84. The molecule has 2 aromatic rings. The van der Waals surface area contributed by atoms with Gasteiger partial charge in [-0.15, -0.1) is 0 Å². The zero-order valence-electron chi connectivity index (χ0n) is 12.2. The minimum Gasteiger partial charge on any atom is -0.485 e. The number of hydrogen-bond donors (Lipinski definition) is 2. The summed E-state index contributed by atoms with van der Waals surface area (Å²) in [5.41, 5.74) is 5.06. The first-order valence-corrected chi connectivity index (χ1v) is 8.44. The molecule has 0 radical (unpaired) electrons. The molecule has 2 amide bonds. The van der Waals surface area contributed by atoms with E-state index in [1.165, 1.54) is 6.07 Å². The van der Waals surface area contributed by atoms with Crippen molar-refractivity contribution in [3.63, 3.8) is 0 Å². The molecule has 1 aliphatic heterocycles. The smallest absolute Gasteiger partial charge is 0.283 e. The fraction of sp³-hybridized carbons (Fsp3) is 0.125. The molecule has 24 heavy (non-hydrogen) atoms. The highest BCUT2D eigenvalue weighted by Crippen LogP contribution is 2.30. The van der Waals surface area contributed by atoms with Gasteiger partial charge in [-0.3, -0.25) is 20.4 Å². The van der Waals surface area contributed by atoms with Crippen LogP contribution in [0.5, 0.6) is 11.5 Å². The van der Waals surface area contributed by atoms with Gasteiger partial charge < -0.3 is 9.47 Å². The number of nitrogens with one attached hydrogen (secondary N) is 2. The van der Waals surface area contributed by atoms with E-state index in [-0.39, 0.29) is 6.61 Å². The van der Waals surface area contributed by atoms with Crippen molar-refractivity contribution < 1.29 is 19.1 Å². The maximum absolute atomic E-state index is 12.1. The SMILES string of the molecule is O=C(NNC(=O)C1COc2ccccc2O1)c1cc(Cl)ccc1I. The summed E-state index contributed by atoms with van der Waals surface area (Å²) in [4.78, 5) is 24.3. The van der Waals surface area contributed by atoms with Gasteiger partial charge in [-0.05, 0) is 52.9 Å². The Bertz CT molecular complexity index is 799. The van der Waals surface area contributed by atoms with Crippen molar-refractivity contribution in [2.75, 3.05) is 6.61 Å². The predicted molar refractivity (Wildman–Crippen MR) is 96.1 cm³/mol. The Balaban J connectivity index is 1.60. The van der Waals surface area contributed by atoms with E-state index in [2.05, 4.69) is 10.9 Å². The third-order valence-corrected chi connectivity index (χ3v) is 4.45. The number of benzene rings is 2. The highest BCUT2D eigenvalue weighted by atomic mass is 127. The van der Waals surface area contributed by atoms with E-state index in [1.807, 2.05) is 28.7 Å². The Morgan fingerprint density at radius 3 is 2.67 bits per heavy atom. The zero-order chi connectivity index (χ0) is 17.1. The topological polar surface area (TPSA) is 76.7 Å². The van der Waals surface area contributed by atoms with Crippen LogP contribution in [-0.4, -0.2) is 24.5 Å². The summed E-state index contributed by atoms with van der Waals surface area (Å²) in [7, 11) is 0. The average molecular weight is 459 g/mol. The largest absolute Gasteiger partial charge is 0.485 e. The van der Waals surface area contributed by atoms with Crippen LogP contribution >= 0.6 is 34.2 Å².